The number of likely N-dealkylation sites (N-methyl/N-ethyl adjacent to an activating group) is 1. The van der Waals surface area contributed by atoms with Gasteiger partial charge in [-0.1, -0.05) is 96.8 Å². The monoisotopic (exact) mass is 473 g/mol. The zero-order valence-corrected chi connectivity index (χ0v) is 22.1. The molecule has 3 N–H and O–H groups in total. The molecule has 0 fully saturated rings. The number of carbonyl (C=O) groups excluding carboxylic acids is 1. The van der Waals surface area contributed by atoms with E-state index < -0.39 is 0 Å². The summed E-state index contributed by atoms with van der Waals surface area (Å²) in [5, 5.41) is 27.9. The van der Waals surface area contributed by atoms with Crippen molar-refractivity contribution in [3.63, 3.8) is 0 Å². The lowest BCUT2D eigenvalue weighted by Crippen LogP contribution is -2.52. The quantitative estimate of drug-likeness (QED) is 0.135. The molecule has 0 aliphatic heterocycles. The molecule has 0 aliphatic rings. The highest BCUT2D eigenvalue weighted by Gasteiger charge is 2.23. The number of nitrogens with zero attached hydrogens (tertiary/aromatic N) is 2. The van der Waals surface area contributed by atoms with Crippen molar-refractivity contribution in [2.75, 3.05) is 59.6 Å². The Bertz CT molecular complexity index is 428. The molecule has 0 saturated heterocycles. The Kier molecular flexibility index (Phi) is 22.6. The molecule has 0 saturated carbocycles. The van der Waals surface area contributed by atoms with Gasteiger partial charge in [0, 0.05) is 13.0 Å². The molecule has 198 valence electrons. The maximum Gasteiger partial charge on any atom is 0.222 e. The molecule has 6 heteroatoms. The second kappa shape index (κ2) is 23.1. The van der Waals surface area contributed by atoms with Crippen LogP contribution in [-0.4, -0.2) is 90.2 Å². The predicted octanol–water partition coefficient (Wildman–Crippen LogP) is 4.50. The first-order valence-corrected chi connectivity index (χ1v) is 14.0. The highest BCUT2D eigenvalue weighted by atomic mass is 16.3. The predicted molar refractivity (Wildman–Crippen MR) is 138 cm³/mol. The van der Waals surface area contributed by atoms with Crippen molar-refractivity contribution >= 4 is 5.91 Å². The van der Waals surface area contributed by atoms with Gasteiger partial charge in [0.25, 0.3) is 0 Å². The molecule has 0 rings (SSSR count). The number of rotatable bonds is 25. The fourth-order valence-corrected chi connectivity index (χ4v) is 4.47. The normalized spacial score (nSPS) is 11.8. The molecule has 0 atom stereocenters. The van der Waals surface area contributed by atoms with Crippen LogP contribution in [0.2, 0.25) is 0 Å². The van der Waals surface area contributed by atoms with Crippen LogP contribution in [0.15, 0.2) is 0 Å². The third kappa shape index (κ3) is 19.3. The average molecular weight is 474 g/mol. The molecule has 0 aromatic carbocycles. The summed E-state index contributed by atoms with van der Waals surface area (Å²) in [5.41, 5.74) is 0. The SMILES string of the molecule is CCCCCCCCCCCCCCCCCC(=O)N(CCO)CC[N+](C)(CCO)CCO. The van der Waals surface area contributed by atoms with Crippen LogP contribution in [0.3, 0.4) is 0 Å². The van der Waals surface area contributed by atoms with E-state index in [9.17, 15) is 20.1 Å². The zero-order chi connectivity index (χ0) is 24.6. The van der Waals surface area contributed by atoms with Crippen LogP contribution in [-0.2, 0) is 4.79 Å². The molecular formula is C27H57N2O4+. The number of quaternary nitrogens is 1. The Hall–Kier alpha value is -0.690. The van der Waals surface area contributed by atoms with E-state index in [4.69, 9.17) is 0 Å². The van der Waals surface area contributed by atoms with Crippen LogP contribution < -0.4 is 0 Å². The van der Waals surface area contributed by atoms with Gasteiger partial charge in [-0.2, -0.15) is 0 Å². The van der Waals surface area contributed by atoms with Crippen LogP contribution in [0.5, 0.6) is 0 Å². The number of unbranched alkanes of at least 4 members (excludes halogenated alkanes) is 14. The summed E-state index contributed by atoms with van der Waals surface area (Å²) in [6.45, 7) is 5.05. The van der Waals surface area contributed by atoms with E-state index in [0.29, 0.717) is 43.6 Å². The highest BCUT2D eigenvalue weighted by molar-refractivity contribution is 5.76. The summed E-state index contributed by atoms with van der Waals surface area (Å²) in [6, 6.07) is 0. The van der Waals surface area contributed by atoms with Gasteiger partial charge in [0.2, 0.25) is 5.91 Å². The van der Waals surface area contributed by atoms with Crippen molar-refractivity contribution in [3.05, 3.63) is 0 Å². The maximum absolute atomic E-state index is 12.6. The van der Waals surface area contributed by atoms with Gasteiger partial charge in [-0.15, -0.1) is 0 Å². The van der Waals surface area contributed by atoms with E-state index in [0.717, 1.165) is 12.8 Å². The van der Waals surface area contributed by atoms with Gasteiger partial charge >= 0.3 is 0 Å². The third-order valence-electron chi connectivity index (χ3n) is 6.91. The summed E-state index contributed by atoms with van der Waals surface area (Å²) >= 11 is 0. The standard InChI is InChI=1S/C27H57N2O4/c1-3-4-5-6-7-8-9-10-11-12-13-14-15-16-17-18-27(33)28(20-24-30)19-21-29(2,22-25-31)23-26-32/h30-32H,3-26H2,1-2H3/q+1. The van der Waals surface area contributed by atoms with E-state index in [1.54, 1.807) is 4.90 Å². The van der Waals surface area contributed by atoms with Gasteiger partial charge in [0.05, 0.1) is 40.0 Å². The van der Waals surface area contributed by atoms with Gasteiger partial charge in [0.1, 0.15) is 13.1 Å². The van der Waals surface area contributed by atoms with Crippen LogP contribution in [0, 0.1) is 0 Å². The van der Waals surface area contributed by atoms with Gasteiger partial charge < -0.3 is 24.7 Å². The third-order valence-corrected chi connectivity index (χ3v) is 6.91. The Balaban J connectivity index is 3.79. The van der Waals surface area contributed by atoms with E-state index in [-0.39, 0.29) is 25.7 Å². The second-order valence-corrected chi connectivity index (χ2v) is 10.0. The highest BCUT2D eigenvalue weighted by Crippen LogP contribution is 2.14. The topological polar surface area (TPSA) is 81.0 Å². The molecular weight excluding hydrogens is 416 g/mol. The number of aliphatic hydroxyl groups excluding tert-OH is 3. The van der Waals surface area contributed by atoms with Gasteiger partial charge in [-0.05, 0) is 6.42 Å². The summed E-state index contributed by atoms with van der Waals surface area (Å²) < 4.78 is 0.529. The minimum atomic E-state index is -0.0334. The molecule has 0 aliphatic carbocycles. The smallest absolute Gasteiger partial charge is 0.222 e. The van der Waals surface area contributed by atoms with E-state index in [1.807, 2.05) is 7.05 Å². The van der Waals surface area contributed by atoms with Crippen molar-refractivity contribution in [2.24, 2.45) is 0 Å². The Morgan fingerprint density at radius 1 is 0.606 bits per heavy atom. The van der Waals surface area contributed by atoms with Gasteiger partial charge in [-0.3, -0.25) is 4.79 Å². The summed E-state index contributed by atoms with van der Waals surface area (Å²) in [5.74, 6) is 0.110. The molecule has 0 radical (unpaired) electrons. The first-order chi connectivity index (χ1) is 16.0. The van der Waals surface area contributed by atoms with Gasteiger partial charge in [-0.25, -0.2) is 0 Å². The largest absolute Gasteiger partial charge is 0.395 e. The molecule has 0 heterocycles. The molecule has 6 nitrogen and oxygen atoms in total. The minimum absolute atomic E-state index is 0.0334. The molecule has 0 unspecified atom stereocenters. The van der Waals surface area contributed by atoms with Crippen LogP contribution in [0.4, 0.5) is 0 Å². The van der Waals surface area contributed by atoms with Gasteiger partial charge in [0.15, 0.2) is 0 Å². The maximum atomic E-state index is 12.6. The van der Waals surface area contributed by atoms with E-state index in [1.165, 1.54) is 83.5 Å². The van der Waals surface area contributed by atoms with E-state index in [2.05, 4.69) is 6.92 Å². The lowest BCUT2D eigenvalue weighted by molar-refractivity contribution is -0.909. The summed E-state index contributed by atoms with van der Waals surface area (Å²) in [6.07, 6.45) is 20.2. The minimum Gasteiger partial charge on any atom is -0.395 e. The number of aliphatic hydroxyl groups is 3. The number of amides is 1. The van der Waals surface area contributed by atoms with Crippen LogP contribution in [0.25, 0.3) is 0 Å². The number of hydrogen-bond acceptors (Lipinski definition) is 4. The molecule has 0 aromatic heterocycles. The van der Waals surface area contributed by atoms with Crippen molar-refractivity contribution in [2.45, 2.75) is 110 Å². The summed E-state index contributed by atoms with van der Waals surface area (Å²) in [7, 11) is 1.99. The first-order valence-electron chi connectivity index (χ1n) is 14.0. The van der Waals surface area contributed by atoms with Crippen LogP contribution in [0.1, 0.15) is 110 Å². The number of carbonyl (C=O) groups is 1. The molecule has 0 aromatic rings. The molecule has 0 bridgehead atoms. The Labute approximate surface area is 205 Å². The fraction of sp³-hybridized carbons (Fsp3) is 0.963. The van der Waals surface area contributed by atoms with Crippen LogP contribution >= 0.6 is 0 Å². The average Bonchev–Trinajstić information content (AvgIpc) is 2.79. The fourth-order valence-electron chi connectivity index (χ4n) is 4.47. The molecule has 33 heavy (non-hydrogen) atoms. The first kappa shape index (κ1) is 32.3. The van der Waals surface area contributed by atoms with Crippen molar-refractivity contribution in [1.29, 1.82) is 0 Å². The summed E-state index contributed by atoms with van der Waals surface area (Å²) in [4.78, 5) is 14.4. The second-order valence-electron chi connectivity index (χ2n) is 10.0. The molecule has 0 spiro atoms. The lowest BCUT2D eigenvalue weighted by Gasteiger charge is -2.35. The zero-order valence-electron chi connectivity index (χ0n) is 22.1. The lowest BCUT2D eigenvalue weighted by atomic mass is 10.0. The number of hydrogen-bond donors (Lipinski definition) is 3. The van der Waals surface area contributed by atoms with Crippen molar-refractivity contribution in [3.8, 4) is 0 Å². The van der Waals surface area contributed by atoms with E-state index >= 15 is 0 Å². The molecule has 1 amide bonds. The van der Waals surface area contributed by atoms with Crippen molar-refractivity contribution in [1.82, 2.24) is 4.90 Å². The Morgan fingerprint density at radius 3 is 1.42 bits per heavy atom. The Morgan fingerprint density at radius 2 is 1.03 bits per heavy atom. The van der Waals surface area contributed by atoms with Crippen molar-refractivity contribution < 1.29 is 24.6 Å².